The second-order valence-corrected chi connectivity index (χ2v) is 5.70. The van der Waals surface area contributed by atoms with Gasteiger partial charge in [-0.05, 0) is 42.8 Å². The molecule has 3 rings (SSSR count). The Morgan fingerprint density at radius 3 is 2.58 bits per heavy atom. The lowest BCUT2D eigenvalue weighted by Gasteiger charge is -2.21. The maximum Gasteiger partial charge on any atom is 0.246 e. The Labute approximate surface area is 140 Å². The van der Waals surface area contributed by atoms with Gasteiger partial charge in [0.25, 0.3) is 0 Å². The first kappa shape index (κ1) is 16.0. The van der Waals surface area contributed by atoms with E-state index in [1.165, 1.54) is 18.2 Å². The fraction of sp³-hybridized carbons (Fsp3) is 0.150. The lowest BCUT2D eigenvalue weighted by molar-refractivity contribution is -0.126. The number of carbonyl (C=O) groups is 1. The zero-order valence-electron chi connectivity index (χ0n) is 13.6. The van der Waals surface area contributed by atoms with Gasteiger partial charge in [-0.25, -0.2) is 4.39 Å². The standard InChI is InChI=1S/C20H18FNO2/c1-14(19-13-16-5-3-4-6-18(16)24-19)22(2)20(23)12-9-15-7-10-17(21)11-8-15/h3-14H,1-2H3/b12-9+/t14-/m1/s1. The number of hydrogen-bond acceptors (Lipinski definition) is 2. The molecule has 0 saturated heterocycles. The first-order valence-corrected chi connectivity index (χ1v) is 7.73. The molecule has 1 atom stereocenters. The second-order valence-electron chi connectivity index (χ2n) is 5.70. The number of amides is 1. The molecule has 1 amide bonds. The van der Waals surface area contributed by atoms with Crippen LogP contribution in [-0.4, -0.2) is 17.9 Å². The van der Waals surface area contributed by atoms with Crippen LogP contribution in [0.1, 0.15) is 24.3 Å². The Kier molecular flexibility index (Phi) is 4.47. The van der Waals surface area contributed by atoms with Crippen molar-refractivity contribution in [3.8, 4) is 0 Å². The maximum absolute atomic E-state index is 12.9. The summed E-state index contributed by atoms with van der Waals surface area (Å²) in [4.78, 5) is 13.9. The molecule has 0 spiro atoms. The summed E-state index contributed by atoms with van der Waals surface area (Å²) in [5.41, 5.74) is 1.58. The molecule has 0 bridgehead atoms. The van der Waals surface area contributed by atoms with Crippen LogP contribution < -0.4 is 0 Å². The number of nitrogens with zero attached hydrogens (tertiary/aromatic N) is 1. The molecule has 3 nitrogen and oxygen atoms in total. The van der Waals surface area contributed by atoms with E-state index in [2.05, 4.69) is 0 Å². The number of likely N-dealkylation sites (N-methyl/N-ethyl adjacent to an activating group) is 1. The van der Waals surface area contributed by atoms with Crippen molar-refractivity contribution < 1.29 is 13.6 Å². The van der Waals surface area contributed by atoms with E-state index in [0.29, 0.717) is 0 Å². The monoisotopic (exact) mass is 323 g/mol. The fourth-order valence-corrected chi connectivity index (χ4v) is 2.45. The van der Waals surface area contributed by atoms with Crippen molar-refractivity contribution in [3.63, 3.8) is 0 Å². The smallest absolute Gasteiger partial charge is 0.246 e. The minimum atomic E-state index is -0.297. The normalized spacial score (nSPS) is 12.6. The van der Waals surface area contributed by atoms with Crippen molar-refractivity contribution in [1.29, 1.82) is 0 Å². The molecule has 122 valence electrons. The van der Waals surface area contributed by atoms with Crippen LogP contribution in [-0.2, 0) is 4.79 Å². The van der Waals surface area contributed by atoms with Gasteiger partial charge in [0.05, 0.1) is 6.04 Å². The van der Waals surface area contributed by atoms with Gasteiger partial charge in [0, 0.05) is 18.5 Å². The van der Waals surface area contributed by atoms with Gasteiger partial charge in [-0.1, -0.05) is 30.3 Å². The molecular formula is C20H18FNO2. The van der Waals surface area contributed by atoms with Crippen LogP contribution in [0.4, 0.5) is 4.39 Å². The van der Waals surface area contributed by atoms with Crippen LogP contribution in [0, 0.1) is 5.82 Å². The summed E-state index contributed by atoms with van der Waals surface area (Å²) in [5.74, 6) is 0.295. The summed E-state index contributed by atoms with van der Waals surface area (Å²) in [6, 6.07) is 15.5. The Hall–Kier alpha value is -2.88. The van der Waals surface area contributed by atoms with Crippen LogP contribution in [0.5, 0.6) is 0 Å². The molecule has 0 N–H and O–H groups in total. The highest BCUT2D eigenvalue weighted by Crippen LogP contribution is 2.26. The van der Waals surface area contributed by atoms with Crippen LogP contribution >= 0.6 is 0 Å². The van der Waals surface area contributed by atoms with Crippen molar-refractivity contribution in [2.24, 2.45) is 0 Å². The summed E-state index contributed by atoms with van der Waals surface area (Å²) >= 11 is 0. The van der Waals surface area contributed by atoms with Gasteiger partial charge < -0.3 is 9.32 Å². The highest BCUT2D eigenvalue weighted by Gasteiger charge is 2.19. The van der Waals surface area contributed by atoms with Crippen LogP contribution in [0.25, 0.3) is 17.0 Å². The van der Waals surface area contributed by atoms with Crippen molar-refractivity contribution in [2.75, 3.05) is 7.05 Å². The number of rotatable bonds is 4. The topological polar surface area (TPSA) is 33.5 Å². The average molecular weight is 323 g/mol. The first-order chi connectivity index (χ1) is 11.5. The van der Waals surface area contributed by atoms with Crippen LogP contribution in [0.3, 0.4) is 0 Å². The largest absolute Gasteiger partial charge is 0.459 e. The van der Waals surface area contributed by atoms with E-state index in [1.54, 1.807) is 30.2 Å². The highest BCUT2D eigenvalue weighted by molar-refractivity contribution is 5.92. The molecule has 1 heterocycles. The van der Waals surface area contributed by atoms with E-state index in [4.69, 9.17) is 4.42 Å². The van der Waals surface area contributed by atoms with Crippen molar-refractivity contribution in [2.45, 2.75) is 13.0 Å². The van der Waals surface area contributed by atoms with Crippen LogP contribution in [0.15, 0.2) is 65.1 Å². The summed E-state index contributed by atoms with van der Waals surface area (Å²) in [7, 11) is 1.73. The van der Waals surface area contributed by atoms with Crippen molar-refractivity contribution in [1.82, 2.24) is 4.90 Å². The molecule has 0 aliphatic rings. The van der Waals surface area contributed by atoms with Crippen molar-refractivity contribution >= 4 is 23.0 Å². The third kappa shape index (κ3) is 3.38. The molecule has 0 aliphatic heterocycles. The van der Waals surface area contributed by atoms with E-state index >= 15 is 0 Å². The lowest BCUT2D eigenvalue weighted by atomic mass is 10.2. The maximum atomic E-state index is 12.9. The van der Waals surface area contributed by atoms with Crippen molar-refractivity contribution in [3.05, 3.63) is 77.8 Å². The third-order valence-corrected chi connectivity index (χ3v) is 4.07. The van der Waals surface area contributed by atoms with E-state index < -0.39 is 0 Å². The van der Waals surface area contributed by atoms with Gasteiger partial charge in [-0.15, -0.1) is 0 Å². The fourth-order valence-electron chi connectivity index (χ4n) is 2.45. The molecule has 0 fully saturated rings. The van der Waals surface area contributed by atoms with Gasteiger partial charge in [0.2, 0.25) is 5.91 Å². The quantitative estimate of drug-likeness (QED) is 0.646. The Bertz CT molecular complexity index is 847. The number of furan rings is 1. The number of benzene rings is 2. The van der Waals surface area contributed by atoms with Gasteiger partial charge in [-0.3, -0.25) is 4.79 Å². The summed E-state index contributed by atoms with van der Waals surface area (Å²) in [6.07, 6.45) is 3.15. The SMILES string of the molecule is C[C@H](c1cc2ccccc2o1)N(C)C(=O)/C=C/c1ccc(F)cc1. The molecular weight excluding hydrogens is 305 g/mol. The van der Waals surface area contributed by atoms with E-state index in [1.807, 2.05) is 37.3 Å². The van der Waals surface area contributed by atoms with Crippen LogP contribution in [0.2, 0.25) is 0 Å². The number of hydrogen-bond donors (Lipinski definition) is 0. The third-order valence-electron chi connectivity index (χ3n) is 4.07. The summed E-state index contributed by atoms with van der Waals surface area (Å²) in [5, 5.41) is 1.02. The number of carbonyl (C=O) groups excluding carboxylic acids is 1. The van der Waals surface area contributed by atoms with E-state index in [0.717, 1.165) is 22.3 Å². The van der Waals surface area contributed by atoms with Gasteiger partial charge in [0.15, 0.2) is 0 Å². The van der Waals surface area contributed by atoms with E-state index in [-0.39, 0.29) is 17.8 Å². The van der Waals surface area contributed by atoms with E-state index in [9.17, 15) is 9.18 Å². The Morgan fingerprint density at radius 2 is 1.88 bits per heavy atom. The summed E-state index contributed by atoms with van der Waals surface area (Å²) < 4.78 is 18.7. The molecule has 4 heteroatoms. The molecule has 2 aromatic carbocycles. The minimum Gasteiger partial charge on any atom is -0.459 e. The van der Waals surface area contributed by atoms with Gasteiger partial charge in [-0.2, -0.15) is 0 Å². The molecule has 0 saturated carbocycles. The average Bonchev–Trinajstić information content (AvgIpc) is 3.03. The molecule has 1 aromatic heterocycles. The zero-order valence-corrected chi connectivity index (χ0v) is 13.6. The Morgan fingerprint density at radius 1 is 1.17 bits per heavy atom. The summed E-state index contributed by atoms with van der Waals surface area (Å²) in [6.45, 7) is 1.92. The second kappa shape index (κ2) is 6.71. The number of halogens is 1. The lowest BCUT2D eigenvalue weighted by Crippen LogP contribution is -2.27. The Balaban J connectivity index is 1.73. The molecule has 0 radical (unpaired) electrons. The number of para-hydroxylation sites is 1. The number of fused-ring (bicyclic) bond motifs is 1. The molecule has 0 unspecified atom stereocenters. The van der Waals surface area contributed by atoms with Gasteiger partial charge >= 0.3 is 0 Å². The minimum absolute atomic E-state index is 0.146. The molecule has 0 aliphatic carbocycles. The molecule has 3 aromatic rings. The predicted molar refractivity (Wildman–Crippen MR) is 92.8 cm³/mol. The highest BCUT2D eigenvalue weighted by atomic mass is 19.1. The molecule has 24 heavy (non-hydrogen) atoms. The van der Waals surface area contributed by atoms with Gasteiger partial charge in [0.1, 0.15) is 17.2 Å². The zero-order chi connectivity index (χ0) is 17.1. The predicted octanol–water partition coefficient (Wildman–Crippen LogP) is 4.80. The first-order valence-electron chi connectivity index (χ1n) is 7.73.